The van der Waals surface area contributed by atoms with E-state index in [1.165, 1.54) is 16.1 Å². The lowest BCUT2D eigenvalue weighted by atomic mass is 10.1. The average Bonchev–Trinajstić information content (AvgIpc) is 3.17. The maximum absolute atomic E-state index is 12.5. The largest absolute Gasteiger partial charge is 0.367 e. The molecule has 1 unspecified atom stereocenters. The molecule has 1 aliphatic rings. The molecule has 0 radical (unpaired) electrons. The van der Waals surface area contributed by atoms with Crippen molar-refractivity contribution in [3.63, 3.8) is 0 Å². The van der Waals surface area contributed by atoms with Crippen molar-refractivity contribution >= 4 is 40.4 Å². The first kappa shape index (κ1) is 18.1. The first-order valence-electron chi connectivity index (χ1n) is 9.12. The number of hydrogen-bond acceptors (Lipinski definition) is 4. The second-order valence-corrected chi connectivity index (χ2v) is 9.06. The van der Waals surface area contributed by atoms with Crippen molar-refractivity contribution in [2.75, 3.05) is 16.8 Å². The molecule has 1 aliphatic heterocycles. The van der Waals surface area contributed by atoms with E-state index in [1.54, 1.807) is 11.8 Å². The molecule has 1 amide bonds. The van der Waals surface area contributed by atoms with Crippen molar-refractivity contribution in [2.45, 2.75) is 30.0 Å². The first-order valence-corrected chi connectivity index (χ1v) is 10.9. The molecule has 0 saturated carbocycles. The number of amides is 1. The fraction of sp³-hybridized carbons (Fsp3) is 0.227. The van der Waals surface area contributed by atoms with E-state index in [9.17, 15) is 4.79 Å². The number of rotatable bonds is 5. The van der Waals surface area contributed by atoms with Gasteiger partial charge in [0.25, 0.3) is 0 Å². The molecule has 0 fully saturated rings. The quantitative estimate of drug-likeness (QED) is 0.586. The number of nitrogens with one attached hydrogen (secondary N) is 1. The van der Waals surface area contributed by atoms with Crippen LogP contribution < -0.4 is 10.2 Å². The second kappa shape index (κ2) is 8.19. The highest BCUT2D eigenvalue weighted by Gasteiger charge is 2.18. The lowest BCUT2D eigenvalue weighted by molar-refractivity contribution is -0.115. The molecule has 0 saturated heterocycles. The first-order chi connectivity index (χ1) is 13.2. The maximum Gasteiger partial charge on any atom is 0.237 e. The molecule has 5 heteroatoms. The fourth-order valence-electron chi connectivity index (χ4n) is 3.23. The van der Waals surface area contributed by atoms with Crippen LogP contribution in [0.5, 0.6) is 0 Å². The highest BCUT2D eigenvalue weighted by molar-refractivity contribution is 8.00. The molecule has 3 nitrogen and oxygen atoms in total. The summed E-state index contributed by atoms with van der Waals surface area (Å²) >= 11 is 3.43. The summed E-state index contributed by atoms with van der Waals surface area (Å²) in [6.07, 6.45) is 1.11. The Labute approximate surface area is 168 Å². The number of anilines is 2. The molecule has 4 rings (SSSR count). The second-order valence-electron chi connectivity index (χ2n) is 6.65. The summed E-state index contributed by atoms with van der Waals surface area (Å²) in [5, 5.41) is 5.06. The van der Waals surface area contributed by atoms with Crippen molar-refractivity contribution in [1.29, 1.82) is 0 Å². The summed E-state index contributed by atoms with van der Waals surface area (Å²) in [4.78, 5) is 17.5. The zero-order chi connectivity index (χ0) is 18.6. The van der Waals surface area contributed by atoms with Crippen LogP contribution in [0, 0.1) is 0 Å². The van der Waals surface area contributed by atoms with Gasteiger partial charge in [0.2, 0.25) is 5.91 Å². The Hall–Kier alpha value is -2.24. The van der Waals surface area contributed by atoms with Crippen LogP contribution in [0.1, 0.15) is 17.4 Å². The summed E-state index contributed by atoms with van der Waals surface area (Å²) in [7, 11) is 0. The molecule has 2 aromatic carbocycles. The smallest absolute Gasteiger partial charge is 0.237 e. The summed E-state index contributed by atoms with van der Waals surface area (Å²) in [6.45, 7) is 3.95. The minimum Gasteiger partial charge on any atom is -0.367 e. The SMILES string of the molecule is CC(Sc1ccccc1)C(=O)Nc1ccc(N2CCc3sccc3C2)cc1. The minimum absolute atomic E-state index is 0.0255. The number of carbonyl (C=O) groups is 1. The van der Waals surface area contributed by atoms with E-state index in [0.29, 0.717) is 0 Å². The van der Waals surface area contributed by atoms with Gasteiger partial charge in [-0.05, 0) is 66.8 Å². The Kier molecular flexibility index (Phi) is 5.50. The Morgan fingerprint density at radius 1 is 1.11 bits per heavy atom. The van der Waals surface area contributed by atoms with Crippen LogP contribution in [0.15, 0.2) is 70.9 Å². The predicted molar refractivity (Wildman–Crippen MR) is 116 cm³/mol. The molecule has 2 heterocycles. The predicted octanol–water partition coefficient (Wildman–Crippen LogP) is 5.43. The van der Waals surface area contributed by atoms with E-state index < -0.39 is 0 Å². The van der Waals surface area contributed by atoms with E-state index in [1.807, 2.05) is 60.7 Å². The van der Waals surface area contributed by atoms with E-state index in [0.717, 1.165) is 30.1 Å². The maximum atomic E-state index is 12.5. The fourth-order valence-corrected chi connectivity index (χ4v) is 5.00. The molecular formula is C22H22N2OS2. The summed E-state index contributed by atoms with van der Waals surface area (Å²) < 4.78 is 0. The van der Waals surface area contributed by atoms with Gasteiger partial charge in [-0.2, -0.15) is 0 Å². The van der Waals surface area contributed by atoms with Gasteiger partial charge < -0.3 is 10.2 Å². The van der Waals surface area contributed by atoms with Gasteiger partial charge in [-0.15, -0.1) is 23.1 Å². The Morgan fingerprint density at radius 2 is 1.89 bits per heavy atom. The average molecular weight is 395 g/mol. The molecule has 138 valence electrons. The van der Waals surface area contributed by atoms with Crippen LogP contribution in [0.4, 0.5) is 11.4 Å². The van der Waals surface area contributed by atoms with Gasteiger partial charge >= 0.3 is 0 Å². The molecule has 0 bridgehead atoms. The van der Waals surface area contributed by atoms with Crippen molar-refractivity contribution in [3.05, 3.63) is 76.5 Å². The molecule has 3 aromatic rings. The standard InChI is InChI=1S/C22H22N2OS2/c1-16(27-20-5-3-2-4-6-20)22(25)23-18-7-9-19(10-8-18)24-13-11-21-17(15-24)12-14-26-21/h2-10,12,14,16H,11,13,15H2,1H3,(H,23,25). The monoisotopic (exact) mass is 394 g/mol. The van der Waals surface area contributed by atoms with Crippen molar-refractivity contribution in [1.82, 2.24) is 0 Å². The Balaban J connectivity index is 1.36. The molecule has 1 N–H and O–H groups in total. The van der Waals surface area contributed by atoms with Crippen LogP contribution in [0.2, 0.25) is 0 Å². The third kappa shape index (κ3) is 4.37. The van der Waals surface area contributed by atoms with Crippen molar-refractivity contribution < 1.29 is 4.79 Å². The lowest BCUT2D eigenvalue weighted by Gasteiger charge is -2.29. The number of carbonyl (C=O) groups excluding carboxylic acids is 1. The van der Waals surface area contributed by atoms with Crippen LogP contribution >= 0.6 is 23.1 Å². The molecule has 0 aliphatic carbocycles. The molecule has 0 spiro atoms. The highest BCUT2D eigenvalue weighted by atomic mass is 32.2. The molecule has 1 aromatic heterocycles. The van der Waals surface area contributed by atoms with E-state index in [2.05, 4.69) is 33.8 Å². The normalized spacial score (nSPS) is 14.5. The zero-order valence-corrected chi connectivity index (χ0v) is 16.9. The van der Waals surface area contributed by atoms with E-state index in [-0.39, 0.29) is 11.2 Å². The molecular weight excluding hydrogens is 372 g/mol. The number of thioether (sulfide) groups is 1. The minimum atomic E-state index is -0.147. The van der Waals surface area contributed by atoms with E-state index in [4.69, 9.17) is 0 Å². The lowest BCUT2D eigenvalue weighted by Crippen LogP contribution is -2.29. The number of nitrogens with zero attached hydrogens (tertiary/aromatic N) is 1. The van der Waals surface area contributed by atoms with Crippen LogP contribution in [0.3, 0.4) is 0 Å². The van der Waals surface area contributed by atoms with Crippen molar-refractivity contribution in [2.24, 2.45) is 0 Å². The number of hydrogen-bond donors (Lipinski definition) is 1. The zero-order valence-electron chi connectivity index (χ0n) is 15.2. The van der Waals surface area contributed by atoms with Crippen LogP contribution in [0.25, 0.3) is 0 Å². The topological polar surface area (TPSA) is 32.3 Å². The summed E-state index contributed by atoms with van der Waals surface area (Å²) in [5.41, 5.74) is 3.49. The number of fused-ring (bicyclic) bond motifs is 1. The Morgan fingerprint density at radius 3 is 2.67 bits per heavy atom. The van der Waals surface area contributed by atoms with E-state index >= 15 is 0 Å². The third-order valence-corrected chi connectivity index (χ3v) is 6.87. The summed E-state index contributed by atoms with van der Waals surface area (Å²) in [5.74, 6) is 0.0255. The van der Waals surface area contributed by atoms with Crippen molar-refractivity contribution in [3.8, 4) is 0 Å². The molecule has 27 heavy (non-hydrogen) atoms. The summed E-state index contributed by atoms with van der Waals surface area (Å²) in [6, 6.07) is 20.4. The van der Waals surface area contributed by atoms with Gasteiger partial charge in [-0.3, -0.25) is 4.79 Å². The third-order valence-electron chi connectivity index (χ3n) is 4.73. The Bertz CT molecular complexity index is 906. The highest BCUT2D eigenvalue weighted by Crippen LogP contribution is 2.29. The van der Waals surface area contributed by atoms with Gasteiger partial charge in [0, 0.05) is 34.2 Å². The number of benzene rings is 2. The number of thiophene rings is 1. The van der Waals surface area contributed by atoms with Gasteiger partial charge in [-0.1, -0.05) is 18.2 Å². The molecule has 1 atom stereocenters. The van der Waals surface area contributed by atoms with Gasteiger partial charge in [0.15, 0.2) is 0 Å². The van der Waals surface area contributed by atoms with Gasteiger partial charge in [-0.25, -0.2) is 0 Å². The van der Waals surface area contributed by atoms with Crippen LogP contribution in [-0.2, 0) is 17.8 Å². The van der Waals surface area contributed by atoms with Gasteiger partial charge in [0.1, 0.15) is 0 Å². The van der Waals surface area contributed by atoms with Gasteiger partial charge in [0.05, 0.1) is 5.25 Å². The van der Waals surface area contributed by atoms with Crippen LogP contribution in [-0.4, -0.2) is 17.7 Å².